The van der Waals surface area contributed by atoms with Crippen molar-refractivity contribution in [1.82, 2.24) is 4.90 Å². The predicted octanol–water partition coefficient (Wildman–Crippen LogP) is 3.62. The van der Waals surface area contributed by atoms with Crippen molar-refractivity contribution >= 4 is 11.6 Å². The summed E-state index contributed by atoms with van der Waals surface area (Å²) in [5.74, 6) is 0.156. The van der Waals surface area contributed by atoms with Crippen molar-refractivity contribution < 1.29 is 4.79 Å². The zero-order valence-electron chi connectivity index (χ0n) is 12.9. The van der Waals surface area contributed by atoms with Crippen LogP contribution in [0, 0.1) is 12.3 Å². The zero-order chi connectivity index (χ0) is 14.8. The molecule has 1 aliphatic heterocycles. The first-order chi connectivity index (χ1) is 9.51. The van der Waals surface area contributed by atoms with Gasteiger partial charge in [0.15, 0.2) is 0 Å². The van der Waals surface area contributed by atoms with Crippen LogP contribution in [-0.4, -0.2) is 23.9 Å². The second-order valence-electron chi connectivity index (χ2n) is 6.07. The Morgan fingerprint density at radius 1 is 1.25 bits per heavy atom. The van der Waals surface area contributed by atoms with Gasteiger partial charge in [-0.1, -0.05) is 26.7 Å². The minimum absolute atomic E-state index is 0.156. The number of hydrogen-bond donors (Lipinski definition) is 1. The maximum absolute atomic E-state index is 12.6. The summed E-state index contributed by atoms with van der Waals surface area (Å²) in [6.45, 7) is 8.25. The van der Waals surface area contributed by atoms with Crippen LogP contribution in [0.3, 0.4) is 0 Å². The van der Waals surface area contributed by atoms with E-state index in [1.54, 1.807) is 0 Å². The molecule has 110 valence electrons. The summed E-state index contributed by atoms with van der Waals surface area (Å²) >= 11 is 0. The molecule has 2 N–H and O–H groups in total. The molecule has 3 heteroatoms. The van der Waals surface area contributed by atoms with Crippen molar-refractivity contribution in [3.8, 4) is 0 Å². The van der Waals surface area contributed by atoms with Gasteiger partial charge < -0.3 is 10.6 Å². The number of anilines is 1. The number of carbonyl (C=O) groups excluding carboxylic acids is 1. The Kier molecular flexibility index (Phi) is 4.36. The molecule has 0 aromatic heterocycles. The average Bonchev–Trinajstić information content (AvgIpc) is 2.47. The summed E-state index contributed by atoms with van der Waals surface area (Å²) in [6.07, 6.45) is 4.68. The van der Waals surface area contributed by atoms with E-state index in [0.717, 1.165) is 37.1 Å². The summed E-state index contributed by atoms with van der Waals surface area (Å²) in [5.41, 5.74) is 8.68. The monoisotopic (exact) mass is 274 g/mol. The minimum atomic E-state index is 0.156. The summed E-state index contributed by atoms with van der Waals surface area (Å²) in [6, 6.07) is 5.54. The summed E-state index contributed by atoms with van der Waals surface area (Å²) < 4.78 is 0. The SMILES string of the molecule is CCC1(CC)CCN(C(=O)c2ccc(N)cc2C)CC1. The molecule has 1 fully saturated rings. The molecule has 1 saturated heterocycles. The number of nitrogens with zero attached hydrogens (tertiary/aromatic N) is 1. The van der Waals surface area contributed by atoms with Crippen molar-refractivity contribution in [1.29, 1.82) is 0 Å². The maximum Gasteiger partial charge on any atom is 0.254 e. The van der Waals surface area contributed by atoms with Crippen molar-refractivity contribution in [2.75, 3.05) is 18.8 Å². The quantitative estimate of drug-likeness (QED) is 0.856. The van der Waals surface area contributed by atoms with Gasteiger partial charge in [-0.25, -0.2) is 0 Å². The molecule has 0 saturated carbocycles. The van der Waals surface area contributed by atoms with E-state index in [0.29, 0.717) is 11.1 Å². The molecule has 1 heterocycles. The number of hydrogen-bond acceptors (Lipinski definition) is 2. The minimum Gasteiger partial charge on any atom is -0.399 e. The fraction of sp³-hybridized carbons (Fsp3) is 0.588. The van der Waals surface area contributed by atoms with Crippen LogP contribution in [0.2, 0.25) is 0 Å². The highest BCUT2D eigenvalue weighted by molar-refractivity contribution is 5.96. The van der Waals surface area contributed by atoms with Crippen LogP contribution in [0.4, 0.5) is 5.69 Å². The Bertz CT molecular complexity index is 482. The number of carbonyl (C=O) groups is 1. The molecule has 1 aliphatic rings. The zero-order valence-corrected chi connectivity index (χ0v) is 12.9. The molecule has 1 amide bonds. The number of nitrogens with two attached hydrogens (primary N) is 1. The standard InChI is InChI=1S/C17H26N2O/c1-4-17(5-2)8-10-19(11-9-17)16(20)15-7-6-14(18)12-13(15)3/h6-7,12H,4-5,8-11,18H2,1-3H3. The summed E-state index contributed by atoms with van der Waals surface area (Å²) in [5, 5.41) is 0. The second kappa shape index (κ2) is 5.86. The molecular formula is C17H26N2O. The maximum atomic E-state index is 12.6. The molecule has 20 heavy (non-hydrogen) atoms. The topological polar surface area (TPSA) is 46.3 Å². The van der Waals surface area contributed by atoms with Gasteiger partial charge in [-0.3, -0.25) is 4.79 Å². The number of rotatable bonds is 3. The van der Waals surface area contributed by atoms with E-state index >= 15 is 0 Å². The van der Waals surface area contributed by atoms with Crippen LogP contribution >= 0.6 is 0 Å². The molecule has 1 aromatic rings. The van der Waals surface area contributed by atoms with Gasteiger partial charge in [-0.05, 0) is 48.9 Å². The lowest BCUT2D eigenvalue weighted by atomic mass is 9.74. The van der Waals surface area contributed by atoms with Crippen LogP contribution in [0.5, 0.6) is 0 Å². The van der Waals surface area contributed by atoms with Gasteiger partial charge in [0.05, 0.1) is 0 Å². The lowest BCUT2D eigenvalue weighted by molar-refractivity contribution is 0.0557. The Labute approximate surface area is 122 Å². The average molecular weight is 274 g/mol. The van der Waals surface area contributed by atoms with E-state index in [4.69, 9.17) is 5.73 Å². The fourth-order valence-corrected chi connectivity index (χ4v) is 3.24. The third-order valence-corrected chi connectivity index (χ3v) is 5.09. The van der Waals surface area contributed by atoms with E-state index < -0.39 is 0 Å². The molecular weight excluding hydrogens is 248 g/mol. The first-order valence-electron chi connectivity index (χ1n) is 7.67. The van der Waals surface area contributed by atoms with E-state index in [-0.39, 0.29) is 5.91 Å². The summed E-state index contributed by atoms with van der Waals surface area (Å²) in [7, 11) is 0. The molecule has 3 nitrogen and oxygen atoms in total. The van der Waals surface area contributed by atoms with Gasteiger partial charge in [-0.2, -0.15) is 0 Å². The number of piperidine rings is 1. The van der Waals surface area contributed by atoms with Gasteiger partial charge in [0.25, 0.3) is 5.91 Å². The van der Waals surface area contributed by atoms with Crippen LogP contribution in [0.1, 0.15) is 55.5 Å². The van der Waals surface area contributed by atoms with Crippen LogP contribution < -0.4 is 5.73 Å². The first kappa shape index (κ1) is 14.9. The van der Waals surface area contributed by atoms with Gasteiger partial charge in [-0.15, -0.1) is 0 Å². The van der Waals surface area contributed by atoms with Gasteiger partial charge in [0, 0.05) is 24.3 Å². The highest BCUT2D eigenvalue weighted by Crippen LogP contribution is 2.38. The number of amides is 1. The van der Waals surface area contributed by atoms with E-state index in [9.17, 15) is 4.79 Å². The Morgan fingerprint density at radius 2 is 1.85 bits per heavy atom. The summed E-state index contributed by atoms with van der Waals surface area (Å²) in [4.78, 5) is 14.6. The number of benzene rings is 1. The molecule has 0 bridgehead atoms. The highest BCUT2D eigenvalue weighted by atomic mass is 16.2. The molecule has 1 aromatic carbocycles. The molecule has 0 aliphatic carbocycles. The van der Waals surface area contributed by atoms with Crippen molar-refractivity contribution in [3.63, 3.8) is 0 Å². The Balaban J connectivity index is 2.09. The van der Waals surface area contributed by atoms with E-state index in [1.807, 2.05) is 30.0 Å². The predicted molar refractivity (Wildman–Crippen MR) is 83.7 cm³/mol. The first-order valence-corrected chi connectivity index (χ1v) is 7.67. The third kappa shape index (κ3) is 2.82. The van der Waals surface area contributed by atoms with Crippen molar-refractivity contribution in [2.45, 2.75) is 46.5 Å². The lowest BCUT2D eigenvalue weighted by Crippen LogP contribution is -2.43. The fourth-order valence-electron chi connectivity index (χ4n) is 3.24. The number of nitrogen functional groups attached to an aromatic ring is 1. The molecule has 0 spiro atoms. The smallest absolute Gasteiger partial charge is 0.254 e. The van der Waals surface area contributed by atoms with Gasteiger partial charge >= 0.3 is 0 Å². The molecule has 0 radical (unpaired) electrons. The van der Waals surface area contributed by atoms with Crippen LogP contribution in [0.25, 0.3) is 0 Å². The van der Waals surface area contributed by atoms with Crippen LogP contribution in [-0.2, 0) is 0 Å². The van der Waals surface area contributed by atoms with Crippen molar-refractivity contribution in [2.24, 2.45) is 5.41 Å². The van der Waals surface area contributed by atoms with Gasteiger partial charge in [0.1, 0.15) is 0 Å². The second-order valence-corrected chi connectivity index (χ2v) is 6.07. The number of likely N-dealkylation sites (tertiary alicyclic amines) is 1. The Hall–Kier alpha value is -1.51. The highest BCUT2D eigenvalue weighted by Gasteiger charge is 2.33. The molecule has 0 atom stereocenters. The van der Waals surface area contributed by atoms with Gasteiger partial charge in [0.2, 0.25) is 0 Å². The van der Waals surface area contributed by atoms with E-state index in [1.165, 1.54) is 12.8 Å². The normalized spacial score (nSPS) is 18.1. The van der Waals surface area contributed by atoms with E-state index in [2.05, 4.69) is 13.8 Å². The largest absolute Gasteiger partial charge is 0.399 e. The third-order valence-electron chi connectivity index (χ3n) is 5.09. The van der Waals surface area contributed by atoms with Crippen molar-refractivity contribution in [3.05, 3.63) is 29.3 Å². The van der Waals surface area contributed by atoms with Crippen LogP contribution in [0.15, 0.2) is 18.2 Å². The number of aryl methyl sites for hydroxylation is 1. The molecule has 0 unspecified atom stereocenters. The Morgan fingerprint density at radius 3 is 2.35 bits per heavy atom. The molecule has 2 rings (SSSR count). The lowest BCUT2D eigenvalue weighted by Gasteiger charge is -2.41.